The van der Waals surface area contributed by atoms with Crippen molar-refractivity contribution >= 4 is 11.6 Å². The normalized spacial score (nSPS) is 31.1. The zero-order valence-corrected chi connectivity index (χ0v) is 17.3. The number of likely N-dealkylation sites (tertiary alicyclic amines) is 1. The minimum absolute atomic E-state index is 0.0192. The van der Waals surface area contributed by atoms with E-state index in [1.54, 1.807) is 0 Å². The standard InChI is InChI=1S/C24H28N2O5/c27-20(16-6-8-19-15(10-16)7-9-22(28)25-19)13-26-12-17-11-21(23(29)24(17,30)14-26)31-18-4-2-1-3-5-18/h1-6,8,10,17,20-21,23,27,29-30H,7,9,11-14H2,(H,25,28)/t17-,20?,21+,23+,24-/m1/s1. The average Bonchev–Trinajstić information content (AvgIpc) is 3.19. The van der Waals surface area contributed by atoms with Gasteiger partial charge in [0.15, 0.2) is 0 Å². The Morgan fingerprint density at radius 2 is 2.00 bits per heavy atom. The number of aliphatic hydroxyl groups excluding tert-OH is 2. The highest BCUT2D eigenvalue weighted by molar-refractivity contribution is 5.93. The molecule has 4 N–H and O–H groups in total. The van der Waals surface area contributed by atoms with Crippen LogP contribution in [0.3, 0.4) is 0 Å². The van der Waals surface area contributed by atoms with Crippen molar-refractivity contribution in [3.8, 4) is 5.75 Å². The van der Waals surface area contributed by atoms with Gasteiger partial charge in [-0.25, -0.2) is 0 Å². The molecule has 5 atom stereocenters. The lowest BCUT2D eigenvalue weighted by atomic mass is 9.93. The third-order valence-electron chi connectivity index (χ3n) is 6.91. The molecule has 2 aliphatic heterocycles. The fourth-order valence-corrected chi connectivity index (χ4v) is 5.25. The lowest BCUT2D eigenvalue weighted by Gasteiger charge is -2.29. The van der Waals surface area contributed by atoms with Crippen LogP contribution in [0.1, 0.15) is 30.1 Å². The number of carbonyl (C=O) groups excluding carboxylic acids is 1. The second-order valence-corrected chi connectivity index (χ2v) is 9.01. The molecule has 164 valence electrons. The van der Waals surface area contributed by atoms with Crippen LogP contribution < -0.4 is 10.1 Å². The van der Waals surface area contributed by atoms with Gasteiger partial charge in [0.05, 0.1) is 6.10 Å². The van der Waals surface area contributed by atoms with Gasteiger partial charge in [0.25, 0.3) is 0 Å². The Morgan fingerprint density at radius 3 is 2.77 bits per heavy atom. The van der Waals surface area contributed by atoms with Crippen LogP contribution in [0.5, 0.6) is 5.75 Å². The molecule has 1 saturated carbocycles. The van der Waals surface area contributed by atoms with E-state index in [1.165, 1.54) is 0 Å². The molecule has 7 heteroatoms. The molecular weight excluding hydrogens is 396 g/mol. The van der Waals surface area contributed by atoms with Crippen LogP contribution in [0.25, 0.3) is 0 Å². The number of aliphatic hydroxyl groups is 3. The third kappa shape index (κ3) is 3.83. The number of benzene rings is 2. The van der Waals surface area contributed by atoms with Crippen LogP contribution in [-0.4, -0.2) is 63.6 Å². The quantitative estimate of drug-likeness (QED) is 0.580. The Hall–Kier alpha value is -2.45. The van der Waals surface area contributed by atoms with Crippen LogP contribution in [0.2, 0.25) is 0 Å². The van der Waals surface area contributed by atoms with E-state index in [9.17, 15) is 20.1 Å². The summed E-state index contributed by atoms with van der Waals surface area (Å²) < 4.78 is 5.93. The number of anilines is 1. The number of carbonyl (C=O) groups is 1. The first-order valence-corrected chi connectivity index (χ1v) is 10.9. The number of para-hydroxylation sites is 1. The molecule has 0 spiro atoms. The second kappa shape index (κ2) is 7.91. The molecule has 7 nitrogen and oxygen atoms in total. The van der Waals surface area contributed by atoms with E-state index in [0.717, 1.165) is 16.8 Å². The minimum atomic E-state index is -1.24. The number of β-amino-alcohol motifs (C(OH)–C–C–N with tert-alkyl or cyclic N) is 2. The molecule has 2 aromatic rings. The van der Waals surface area contributed by atoms with Crippen molar-refractivity contribution in [3.63, 3.8) is 0 Å². The second-order valence-electron chi connectivity index (χ2n) is 9.01. The molecule has 2 fully saturated rings. The monoisotopic (exact) mass is 424 g/mol. The first-order valence-electron chi connectivity index (χ1n) is 10.9. The van der Waals surface area contributed by atoms with Gasteiger partial charge < -0.3 is 25.4 Å². The smallest absolute Gasteiger partial charge is 0.224 e. The van der Waals surface area contributed by atoms with Crippen LogP contribution in [0, 0.1) is 5.92 Å². The number of amides is 1. The van der Waals surface area contributed by atoms with Gasteiger partial charge in [0.2, 0.25) is 5.91 Å². The number of nitrogens with zero attached hydrogens (tertiary/aromatic N) is 1. The fourth-order valence-electron chi connectivity index (χ4n) is 5.25. The maximum absolute atomic E-state index is 11.5. The highest BCUT2D eigenvalue weighted by Crippen LogP contribution is 2.43. The van der Waals surface area contributed by atoms with E-state index in [4.69, 9.17) is 4.74 Å². The number of ether oxygens (including phenoxy) is 1. The van der Waals surface area contributed by atoms with Crippen molar-refractivity contribution in [2.75, 3.05) is 25.0 Å². The van der Waals surface area contributed by atoms with Gasteiger partial charge in [-0.2, -0.15) is 0 Å². The molecule has 3 aliphatic rings. The summed E-state index contributed by atoms with van der Waals surface area (Å²) in [6, 6.07) is 15.0. The van der Waals surface area contributed by atoms with E-state index >= 15 is 0 Å². The molecule has 0 aromatic heterocycles. The van der Waals surface area contributed by atoms with Gasteiger partial charge >= 0.3 is 0 Å². The highest BCUT2D eigenvalue weighted by atomic mass is 16.5. The summed E-state index contributed by atoms with van der Waals surface area (Å²) in [4.78, 5) is 13.5. The Balaban J connectivity index is 1.22. The van der Waals surface area contributed by atoms with Gasteiger partial charge in [-0.15, -0.1) is 0 Å². The first-order chi connectivity index (χ1) is 14.9. The molecule has 0 bridgehead atoms. The number of nitrogens with one attached hydrogen (secondary N) is 1. The number of hydrogen-bond donors (Lipinski definition) is 4. The number of hydrogen-bond acceptors (Lipinski definition) is 6. The fraction of sp³-hybridized carbons (Fsp3) is 0.458. The maximum Gasteiger partial charge on any atom is 0.224 e. The van der Waals surface area contributed by atoms with E-state index in [2.05, 4.69) is 5.32 Å². The Morgan fingerprint density at radius 1 is 1.19 bits per heavy atom. The molecule has 2 aromatic carbocycles. The van der Waals surface area contributed by atoms with Crippen LogP contribution >= 0.6 is 0 Å². The average molecular weight is 424 g/mol. The molecule has 1 unspecified atom stereocenters. The molecule has 31 heavy (non-hydrogen) atoms. The summed E-state index contributed by atoms with van der Waals surface area (Å²) in [5.41, 5.74) is 1.40. The van der Waals surface area contributed by atoms with Crippen LogP contribution in [0.15, 0.2) is 48.5 Å². The van der Waals surface area contributed by atoms with Gasteiger partial charge in [-0.05, 0) is 42.2 Å². The minimum Gasteiger partial charge on any atom is -0.488 e. The number of fused-ring (bicyclic) bond motifs is 2. The lowest BCUT2D eigenvalue weighted by Crippen LogP contribution is -2.49. The predicted octanol–water partition coefficient (Wildman–Crippen LogP) is 1.48. The van der Waals surface area contributed by atoms with Crippen LogP contribution in [0.4, 0.5) is 5.69 Å². The summed E-state index contributed by atoms with van der Waals surface area (Å²) in [6.45, 7) is 1.27. The Bertz CT molecular complexity index is 968. The largest absolute Gasteiger partial charge is 0.488 e. The zero-order chi connectivity index (χ0) is 21.6. The van der Waals surface area contributed by atoms with E-state index in [1.807, 2.05) is 53.4 Å². The molecule has 0 radical (unpaired) electrons. The van der Waals surface area contributed by atoms with Gasteiger partial charge in [0, 0.05) is 37.7 Å². The molecule has 1 aliphatic carbocycles. The molecule has 1 saturated heterocycles. The Labute approximate surface area is 181 Å². The molecule has 1 amide bonds. The lowest BCUT2D eigenvalue weighted by molar-refractivity contribution is -0.116. The highest BCUT2D eigenvalue weighted by Gasteiger charge is 2.59. The van der Waals surface area contributed by atoms with Crippen molar-refractivity contribution in [1.82, 2.24) is 4.90 Å². The van der Waals surface area contributed by atoms with Gasteiger partial charge in [-0.1, -0.05) is 30.3 Å². The third-order valence-corrected chi connectivity index (χ3v) is 6.91. The van der Waals surface area contributed by atoms with E-state index < -0.39 is 23.9 Å². The first kappa shape index (κ1) is 20.5. The predicted molar refractivity (Wildman–Crippen MR) is 115 cm³/mol. The number of aryl methyl sites for hydroxylation is 1. The summed E-state index contributed by atoms with van der Waals surface area (Å²) in [5, 5.41) is 35.6. The van der Waals surface area contributed by atoms with Crippen molar-refractivity contribution < 1.29 is 24.9 Å². The zero-order valence-electron chi connectivity index (χ0n) is 17.3. The van der Waals surface area contributed by atoms with Crippen molar-refractivity contribution in [2.45, 2.75) is 43.2 Å². The van der Waals surface area contributed by atoms with E-state index in [-0.39, 0.29) is 11.8 Å². The van der Waals surface area contributed by atoms with Crippen molar-refractivity contribution in [3.05, 3.63) is 59.7 Å². The molecule has 5 rings (SSSR count). The summed E-state index contributed by atoms with van der Waals surface area (Å²) in [6.07, 6.45) is -0.441. The Kier molecular flexibility index (Phi) is 5.22. The van der Waals surface area contributed by atoms with Crippen LogP contribution in [-0.2, 0) is 11.2 Å². The van der Waals surface area contributed by atoms with Crippen molar-refractivity contribution in [1.29, 1.82) is 0 Å². The van der Waals surface area contributed by atoms with Gasteiger partial charge in [0.1, 0.15) is 23.6 Å². The molecule has 2 heterocycles. The topological polar surface area (TPSA) is 102 Å². The molecular formula is C24H28N2O5. The maximum atomic E-state index is 11.5. The van der Waals surface area contributed by atoms with Gasteiger partial charge in [-0.3, -0.25) is 9.69 Å². The summed E-state index contributed by atoms with van der Waals surface area (Å²) in [7, 11) is 0. The SMILES string of the molecule is O=C1CCc2cc(C(O)CN3C[C@H]4C[C@H](Oc5ccccc5)[C@H](O)[C@@]4(O)C3)ccc2N1. The summed E-state index contributed by atoms with van der Waals surface area (Å²) >= 11 is 0. The van der Waals surface area contributed by atoms with E-state index in [0.29, 0.717) is 44.6 Å². The van der Waals surface area contributed by atoms with Crippen molar-refractivity contribution in [2.24, 2.45) is 5.92 Å². The number of rotatable bonds is 5. The summed E-state index contributed by atoms with van der Waals surface area (Å²) in [5.74, 6) is 0.596.